The van der Waals surface area contributed by atoms with Gasteiger partial charge in [0.05, 0.1) is 24.8 Å². The van der Waals surface area contributed by atoms with Gasteiger partial charge in [0, 0.05) is 18.8 Å². The monoisotopic (exact) mass is 706 g/mol. The largest absolute Gasteiger partial charge is 0.481 e. The standard InChI is InChI=1S/C39H54N2O8Si/c1-27(32-25-46-35(40-32)33-26-47-39(8,9)41(33)36(45)48-37(2,3)4)23-28(42)17-16-18-29(24-34(43)44)49-50(38(5,6)7,30-19-12-10-13-20-30)31-21-14-11-15-22-31/h10-15,19-22,25,27,29,33H,16-18,23-24,26H2,1-9H3,(H,43,44)/t27-,29-,33-/m0/s1. The number of benzene rings is 2. The second kappa shape index (κ2) is 15.6. The van der Waals surface area contributed by atoms with Crippen LogP contribution >= 0.6 is 0 Å². The number of oxazole rings is 1. The van der Waals surface area contributed by atoms with E-state index in [4.69, 9.17) is 18.3 Å². The molecule has 1 saturated heterocycles. The average Bonchev–Trinajstić information content (AvgIpc) is 3.63. The maximum atomic E-state index is 13.2. The number of ether oxygens (including phenoxy) is 2. The van der Waals surface area contributed by atoms with Gasteiger partial charge in [-0.3, -0.25) is 14.5 Å². The van der Waals surface area contributed by atoms with Crippen LogP contribution in [0.4, 0.5) is 4.79 Å². The zero-order chi connectivity index (χ0) is 36.9. The zero-order valence-electron chi connectivity index (χ0n) is 31.0. The first kappa shape index (κ1) is 39.0. The molecule has 10 nitrogen and oxygen atoms in total. The van der Waals surface area contributed by atoms with Crippen LogP contribution in [-0.2, 0) is 23.5 Å². The summed E-state index contributed by atoms with van der Waals surface area (Å²) in [4.78, 5) is 44.6. The van der Waals surface area contributed by atoms with Crippen molar-refractivity contribution in [2.24, 2.45) is 0 Å². The Labute approximate surface area is 297 Å². The molecule has 1 aromatic heterocycles. The number of carboxylic acids is 1. The minimum atomic E-state index is -2.98. The summed E-state index contributed by atoms with van der Waals surface area (Å²) in [5.74, 6) is -0.792. The lowest BCUT2D eigenvalue weighted by Gasteiger charge is -2.45. The molecule has 0 radical (unpaired) electrons. The number of amides is 1. The summed E-state index contributed by atoms with van der Waals surface area (Å²) in [7, 11) is -2.98. The number of carbonyl (C=O) groups is 3. The van der Waals surface area contributed by atoms with Gasteiger partial charge >= 0.3 is 12.1 Å². The van der Waals surface area contributed by atoms with Gasteiger partial charge in [0.15, 0.2) is 0 Å². The van der Waals surface area contributed by atoms with Crippen LogP contribution in [0.15, 0.2) is 71.3 Å². The Kier molecular flexibility index (Phi) is 12.2. The predicted octanol–water partition coefficient (Wildman–Crippen LogP) is 7.37. The number of rotatable bonds is 14. The van der Waals surface area contributed by atoms with Gasteiger partial charge in [-0.05, 0) is 62.9 Å². The Morgan fingerprint density at radius 1 is 0.980 bits per heavy atom. The molecule has 11 heteroatoms. The van der Waals surface area contributed by atoms with Gasteiger partial charge in [-0.25, -0.2) is 9.78 Å². The quantitative estimate of drug-likeness (QED) is 0.171. The zero-order valence-corrected chi connectivity index (χ0v) is 32.0. The second-order valence-corrected chi connectivity index (χ2v) is 20.0. The number of hydrogen-bond acceptors (Lipinski definition) is 8. The van der Waals surface area contributed by atoms with E-state index >= 15 is 0 Å². The smallest absolute Gasteiger partial charge is 0.413 e. The summed E-state index contributed by atoms with van der Waals surface area (Å²) in [5, 5.41) is 11.7. The van der Waals surface area contributed by atoms with Crippen molar-refractivity contribution in [2.45, 2.75) is 129 Å². The molecule has 2 aromatic carbocycles. The lowest BCUT2D eigenvalue weighted by molar-refractivity contribution is -0.139. The number of Topliss-reactive ketones (excluding diaryl/α,β-unsaturated/α-hetero) is 1. The lowest BCUT2D eigenvalue weighted by Crippen LogP contribution is -2.67. The highest BCUT2D eigenvalue weighted by Gasteiger charge is 2.52. The molecule has 1 aliphatic heterocycles. The number of aromatic nitrogens is 1. The van der Waals surface area contributed by atoms with Crippen molar-refractivity contribution < 1.29 is 37.8 Å². The van der Waals surface area contributed by atoms with Gasteiger partial charge in [-0.15, -0.1) is 0 Å². The van der Waals surface area contributed by atoms with E-state index in [9.17, 15) is 19.5 Å². The fourth-order valence-electron chi connectivity index (χ4n) is 6.74. The first-order chi connectivity index (χ1) is 23.3. The highest BCUT2D eigenvalue weighted by molar-refractivity contribution is 6.99. The molecule has 0 unspecified atom stereocenters. The van der Waals surface area contributed by atoms with Gasteiger partial charge < -0.3 is 23.4 Å². The van der Waals surface area contributed by atoms with Gasteiger partial charge in [0.1, 0.15) is 29.4 Å². The third-order valence-corrected chi connectivity index (χ3v) is 14.2. The van der Waals surface area contributed by atoms with Gasteiger partial charge in [0.25, 0.3) is 8.32 Å². The average molecular weight is 707 g/mol. The molecule has 0 bridgehead atoms. The van der Waals surface area contributed by atoms with Gasteiger partial charge in [-0.2, -0.15) is 0 Å². The lowest BCUT2D eigenvalue weighted by atomic mass is 9.98. The summed E-state index contributed by atoms with van der Waals surface area (Å²) < 4.78 is 24.5. The number of carboxylic acid groups (broad SMARTS) is 1. The third kappa shape index (κ3) is 9.29. The molecule has 272 valence electrons. The normalized spacial score (nSPS) is 17.7. The summed E-state index contributed by atoms with van der Waals surface area (Å²) in [6, 6.07) is 19.7. The molecule has 1 N–H and O–H groups in total. The number of carbonyl (C=O) groups excluding carboxylic acids is 2. The summed E-state index contributed by atoms with van der Waals surface area (Å²) >= 11 is 0. The maximum absolute atomic E-state index is 13.2. The Balaban J connectivity index is 1.43. The van der Waals surface area contributed by atoms with E-state index in [1.807, 2.05) is 43.3 Å². The molecule has 1 aliphatic rings. The van der Waals surface area contributed by atoms with E-state index in [1.165, 1.54) is 11.2 Å². The van der Waals surface area contributed by atoms with Gasteiger partial charge in [0.2, 0.25) is 5.89 Å². The molecule has 2 heterocycles. The fourth-order valence-corrected chi connectivity index (χ4v) is 11.5. The molecule has 3 aromatic rings. The number of aliphatic carboxylic acids is 1. The second-order valence-electron chi connectivity index (χ2n) is 15.8. The minimum absolute atomic E-state index is 0.0438. The van der Waals surface area contributed by atoms with Crippen LogP contribution in [0.25, 0.3) is 0 Å². The number of ketones is 1. The topological polar surface area (TPSA) is 128 Å². The van der Waals surface area contributed by atoms with Crippen LogP contribution in [0.5, 0.6) is 0 Å². The molecule has 50 heavy (non-hydrogen) atoms. The van der Waals surface area contributed by atoms with E-state index in [0.29, 0.717) is 24.4 Å². The van der Waals surface area contributed by atoms with E-state index in [2.05, 4.69) is 50.0 Å². The first-order valence-corrected chi connectivity index (χ1v) is 19.4. The first-order valence-electron chi connectivity index (χ1n) is 17.5. The molecular weight excluding hydrogens is 653 g/mol. The van der Waals surface area contributed by atoms with Gasteiger partial charge in [-0.1, -0.05) is 88.4 Å². The maximum Gasteiger partial charge on any atom is 0.413 e. The van der Waals surface area contributed by atoms with Crippen molar-refractivity contribution in [1.82, 2.24) is 9.88 Å². The molecule has 0 spiro atoms. The van der Waals surface area contributed by atoms with Crippen LogP contribution in [0.1, 0.15) is 118 Å². The fraction of sp³-hybridized carbons (Fsp3) is 0.538. The summed E-state index contributed by atoms with van der Waals surface area (Å²) in [5.41, 5.74) is -0.984. The SMILES string of the molecule is C[C@@H](CC(=O)CCC[C@@H](CC(=O)O)O[Si](c1ccccc1)(c1ccccc1)C(C)(C)C)c1coc([C@@H]2COC(C)(C)N2C(=O)OC(C)(C)C)n1. The Morgan fingerprint density at radius 3 is 2.08 bits per heavy atom. The molecule has 3 atom stereocenters. The van der Waals surface area contributed by atoms with Crippen molar-refractivity contribution in [3.8, 4) is 0 Å². The summed E-state index contributed by atoms with van der Waals surface area (Å²) in [6.07, 6.45) is 1.74. The summed E-state index contributed by atoms with van der Waals surface area (Å²) in [6.45, 7) is 17.6. The molecule has 4 rings (SSSR count). The van der Waals surface area contributed by atoms with E-state index in [-0.39, 0.29) is 42.6 Å². The van der Waals surface area contributed by atoms with Crippen molar-refractivity contribution in [2.75, 3.05) is 6.61 Å². The van der Waals surface area contributed by atoms with Crippen LogP contribution in [0, 0.1) is 0 Å². The van der Waals surface area contributed by atoms with E-state index in [1.54, 1.807) is 34.6 Å². The van der Waals surface area contributed by atoms with Crippen molar-refractivity contribution in [3.63, 3.8) is 0 Å². The molecule has 1 amide bonds. The van der Waals surface area contributed by atoms with Crippen LogP contribution in [0.2, 0.25) is 5.04 Å². The van der Waals surface area contributed by atoms with Crippen molar-refractivity contribution in [1.29, 1.82) is 0 Å². The Bertz CT molecular complexity index is 1550. The van der Waals surface area contributed by atoms with Crippen LogP contribution in [-0.4, -0.2) is 65.2 Å². The molecule has 0 aliphatic carbocycles. The highest BCUT2D eigenvalue weighted by atomic mass is 28.4. The molecular formula is C39H54N2O8Si. The number of nitrogens with zero attached hydrogens (tertiary/aromatic N) is 2. The van der Waals surface area contributed by atoms with E-state index < -0.39 is 43.9 Å². The van der Waals surface area contributed by atoms with Crippen LogP contribution < -0.4 is 10.4 Å². The number of hydrogen-bond donors (Lipinski definition) is 1. The molecule has 0 saturated carbocycles. The predicted molar refractivity (Wildman–Crippen MR) is 194 cm³/mol. The third-order valence-electron chi connectivity index (χ3n) is 9.08. The Hall–Kier alpha value is -3.80. The molecule has 1 fully saturated rings. The van der Waals surface area contributed by atoms with Crippen LogP contribution in [0.3, 0.4) is 0 Å². The van der Waals surface area contributed by atoms with E-state index in [0.717, 1.165) is 10.4 Å². The van der Waals surface area contributed by atoms with Crippen molar-refractivity contribution >= 4 is 36.5 Å². The minimum Gasteiger partial charge on any atom is -0.481 e. The Morgan fingerprint density at radius 2 is 1.56 bits per heavy atom. The highest BCUT2D eigenvalue weighted by Crippen LogP contribution is 2.40. The van der Waals surface area contributed by atoms with Crippen molar-refractivity contribution in [3.05, 3.63) is 78.5 Å².